The molecule has 1 heterocycles. The number of anilines is 1. The molecule has 6 heteroatoms. The Morgan fingerprint density at radius 2 is 2.19 bits per heavy atom. The number of rotatable bonds is 4. The summed E-state index contributed by atoms with van der Waals surface area (Å²) in [5.41, 5.74) is 7.37. The number of nitrogens with two attached hydrogens (primary N) is 1. The maximum Gasteiger partial charge on any atom is 0.154 e. The van der Waals surface area contributed by atoms with Crippen LogP contribution in [0.3, 0.4) is 0 Å². The second kappa shape index (κ2) is 6.32. The minimum Gasteiger partial charge on any atom is -0.364 e. The topological polar surface area (TPSA) is 63.4 Å². The van der Waals surface area contributed by atoms with Crippen LogP contribution in [0, 0.1) is 5.82 Å². The van der Waals surface area contributed by atoms with Crippen LogP contribution in [-0.4, -0.2) is 38.6 Å². The lowest BCUT2D eigenvalue weighted by Crippen LogP contribution is -2.47. The van der Waals surface area contributed by atoms with Crippen LogP contribution in [0.25, 0.3) is 0 Å². The van der Waals surface area contributed by atoms with Gasteiger partial charge in [-0.3, -0.25) is 0 Å². The van der Waals surface area contributed by atoms with E-state index in [4.69, 9.17) is 5.73 Å². The molecule has 1 aromatic rings. The van der Waals surface area contributed by atoms with Crippen molar-refractivity contribution in [1.82, 2.24) is 0 Å². The number of nitrogens with zero attached hydrogens (tertiary/aromatic N) is 1. The van der Waals surface area contributed by atoms with E-state index in [1.807, 2.05) is 24.8 Å². The molecule has 118 valence electrons. The van der Waals surface area contributed by atoms with Crippen molar-refractivity contribution in [1.29, 1.82) is 0 Å². The van der Waals surface area contributed by atoms with E-state index in [2.05, 4.69) is 0 Å². The van der Waals surface area contributed by atoms with Crippen LogP contribution in [0.2, 0.25) is 0 Å². The molecule has 0 spiro atoms. The van der Waals surface area contributed by atoms with E-state index in [-0.39, 0.29) is 29.4 Å². The van der Waals surface area contributed by atoms with Crippen LogP contribution in [0.1, 0.15) is 25.8 Å². The van der Waals surface area contributed by atoms with Gasteiger partial charge in [0.15, 0.2) is 9.84 Å². The number of hydrogen-bond donors (Lipinski definition) is 1. The first-order valence-corrected chi connectivity index (χ1v) is 9.16. The molecular formula is C15H23FN2O2S. The van der Waals surface area contributed by atoms with Crippen molar-refractivity contribution in [3.05, 3.63) is 29.6 Å². The Bertz CT molecular complexity index is 604. The highest BCUT2D eigenvalue weighted by Gasteiger charge is 2.31. The fourth-order valence-corrected chi connectivity index (χ4v) is 4.36. The monoisotopic (exact) mass is 314 g/mol. The average Bonchev–Trinajstić information content (AvgIpc) is 2.39. The van der Waals surface area contributed by atoms with E-state index < -0.39 is 9.84 Å². The Morgan fingerprint density at radius 3 is 2.81 bits per heavy atom. The zero-order valence-electron chi connectivity index (χ0n) is 12.5. The molecule has 0 saturated carbocycles. The predicted molar refractivity (Wildman–Crippen MR) is 83.8 cm³/mol. The third kappa shape index (κ3) is 3.74. The van der Waals surface area contributed by atoms with Gasteiger partial charge in [0, 0.05) is 18.6 Å². The van der Waals surface area contributed by atoms with Crippen LogP contribution in [0.5, 0.6) is 0 Å². The van der Waals surface area contributed by atoms with Gasteiger partial charge < -0.3 is 10.6 Å². The van der Waals surface area contributed by atoms with Gasteiger partial charge in [0.25, 0.3) is 0 Å². The highest BCUT2D eigenvalue weighted by Crippen LogP contribution is 2.29. The molecule has 0 amide bonds. The van der Waals surface area contributed by atoms with E-state index >= 15 is 0 Å². The summed E-state index contributed by atoms with van der Waals surface area (Å²) in [5, 5.41) is 0. The van der Waals surface area contributed by atoms with Crippen molar-refractivity contribution in [2.45, 2.75) is 38.8 Å². The van der Waals surface area contributed by atoms with E-state index in [0.717, 1.165) is 12.0 Å². The molecule has 4 nitrogen and oxygen atoms in total. The molecule has 2 rings (SSSR count). The Labute approximate surface area is 126 Å². The van der Waals surface area contributed by atoms with Crippen molar-refractivity contribution < 1.29 is 12.8 Å². The van der Waals surface area contributed by atoms with Crippen LogP contribution in [0.4, 0.5) is 10.1 Å². The molecule has 1 saturated heterocycles. The van der Waals surface area contributed by atoms with E-state index in [1.165, 1.54) is 6.07 Å². The van der Waals surface area contributed by atoms with Gasteiger partial charge in [-0.15, -0.1) is 0 Å². The lowest BCUT2D eigenvalue weighted by atomic mass is 10.0. The lowest BCUT2D eigenvalue weighted by Gasteiger charge is -2.36. The van der Waals surface area contributed by atoms with Gasteiger partial charge in [-0.05, 0) is 31.4 Å². The van der Waals surface area contributed by atoms with Gasteiger partial charge in [-0.25, -0.2) is 12.8 Å². The van der Waals surface area contributed by atoms with Crippen LogP contribution < -0.4 is 10.6 Å². The molecule has 0 aromatic heterocycles. The minimum atomic E-state index is -3.02. The van der Waals surface area contributed by atoms with Crippen LogP contribution in [-0.2, 0) is 16.3 Å². The third-order valence-corrected chi connectivity index (χ3v) is 5.83. The van der Waals surface area contributed by atoms with Crippen molar-refractivity contribution in [2.75, 3.05) is 23.0 Å². The van der Waals surface area contributed by atoms with Gasteiger partial charge in [0.2, 0.25) is 0 Å². The number of benzene rings is 1. The van der Waals surface area contributed by atoms with Crippen molar-refractivity contribution in [2.24, 2.45) is 5.73 Å². The summed E-state index contributed by atoms with van der Waals surface area (Å²) in [6, 6.07) is 4.74. The summed E-state index contributed by atoms with van der Waals surface area (Å²) < 4.78 is 37.7. The number of sulfone groups is 1. The fourth-order valence-electron chi connectivity index (χ4n) is 2.80. The predicted octanol–water partition coefficient (Wildman–Crippen LogP) is 1.73. The maximum atomic E-state index is 14.3. The van der Waals surface area contributed by atoms with Crippen LogP contribution >= 0.6 is 0 Å². The zero-order chi connectivity index (χ0) is 15.6. The zero-order valence-corrected chi connectivity index (χ0v) is 13.4. The highest BCUT2D eigenvalue weighted by molar-refractivity contribution is 7.91. The third-order valence-electron chi connectivity index (χ3n) is 4.03. The smallest absolute Gasteiger partial charge is 0.154 e. The molecule has 1 aliphatic heterocycles. The number of hydrogen-bond acceptors (Lipinski definition) is 4. The molecule has 2 unspecified atom stereocenters. The van der Waals surface area contributed by atoms with Crippen molar-refractivity contribution >= 4 is 15.5 Å². The second-order valence-electron chi connectivity index (χ2n) is 5.78. The van der Waals surface area contributed by atoms with Gasteiger partial charge in [-0.2, -0.15) is 0 Å². The maximum absolute atomic E-state index is 14.3. The van der Waals surface area contributed by atoms with Gasteiger partial charge in [-0.1, -0.05) is 19.1 Å². The molecule has 0 bridgehead atoms. The van der Waals surface area contributed by atoms with Gasteiger partial charge in [0.05, 0.1) is 17.2 Å². The first-order chi connectivity index (χ1) is 9.84. The minimum absolute atomic E-state index is 0.0191. The van der Waals surface area contributed by atoms with Crippen molar-refractivity contribution in [3.63, 3.8) is 0 Å². The largest absolute Gasteiger partial charge is 0.364 e. The molecule has 1 aromatic carbocycles. The molecule has 0 radical (unpaired) electrons. The fraction of sp³-hybridized carbons (Fsp3) is 0.600. The standard InChI is InChI=1S/C15H23FN2O2S/c1-3-13(17)9-12-5-4-6-14(16)15(12)18-7-8-21(19,20)10-11(18)2/h4-6,11,13H,3,7-10,17H2,1-2H3. The molecule has 2 atom stereocenters. The highest BCUT2D eigenvalue weighted by atomic mass is 32.2. The van der Waals surface area contributed by atoms with Crippen LogP contribution in [0.15, 0.2) is 18.2 Å². The summed E-state index contributed by atoms with van der Waals surface area (Å²) >= 11 is 0. The van der Waals surface area contributed by atoms with Crippen molar-refractivity contribution in [3.8, 4) is 0 Å². The Hall–Kier alpha value is -1.14. The molecule has 1 fully saturated rings. The number of halogens is 1. The molecule has 21 heavy (non-hydrogen) atoms. The Kier molecular flexibility index (Phi) is 4.88. The van der Waals surface area contributed by atoms with E-state index in [9.17, 15) is 12.8 Å². The lowest BCUT2D eigenvalue weighted by molar-refractivity contribution is 0.555. The second-order valence-corrected chi connectivity index (χ2v) is 8.01. The SMILES string of the molecule is CCC(N)Cc1cccc(F)c1N1CCS(=O)(=O)CC1C. The summed E-state index contributed by atoms with van der Waals surface area (Å²) in [6.45, 7) is 4.16. The average molecular weight is 314 g/mol. The van der Waals surface area contributed by atoms with Gasteiger partial charge in [0.1, 0.15) is 5.82 Å². The van der Waals surface area contributed by atoms with Gasteiger partial charge >= 0.3 is 0 Å². The van der Waals surface area contributed by atoms with E-state index in [1.54, 1.807) is 6.07 Å². The van der Waals surface area contributed by atoms with E-state index in [0.29, 0.717) is 18.7 Å². The Balaban J connectivity index is 2.34. The normalized spacial score (nSPS) is 23.0. The first-order valence-electron chi connectivity index (χ1n) is 7.34. The summed E-state index contributed by atoms with van der Waals surface area (Å²) in [5.74, 6) is -0.159. The first kappa shape index (κ1) is 16.2. The summed E-state index contributed by atoms with van der Waals surface area (Å²) in [4.78, 5) is 1.87. The summed E-state index contributed by atoms with van der Waals surface area (Å²) in [7, 11) is -3.02. The summed E-state index contributed by atoms with van der Waals surface area (Å²) in [6.07, 6.45) is 1.42. The number of para-hydroxylation sites is 1. The molecule has 1 aliphatic rings. The molecule has 2 N–H and O–H groups in total. The quantitative estimate of drug-likeness (QED) is 0.919. The molecular weight excluding hydrogens is 291 g/mol. The Morgan fingerprint density at radius 1 is 1.48 bits per heavy atom. The molecule has 0 aliphatic carbocycles.